The van der Waals surface area contributed by atoms with E-state index in [9.17, 15) is 8.42 Å². The van der Waals surface area contributed by atoms with Crippen LogP contribution in [0.5, 0.6) is 28.7 Å². The molecule has 1 fully saturated rings. The molecule has 2 unspecified atom stereocenters. The van der Waals surface area contributed by atoms with Crippen LogP contribution in [-0.2, 0) is 14.6 Å². The number of hydrogen-bond acceptors (Lipinski definition) is 9. The summed E-state index contributed by atoms with van der Waals surface area (Å²) in [5, 5.41) is 0. The molecule has 10 heteroatoms. The number of hydrogen-bond donors (Lipinski definition) is 0. The van der Waals surface area contributed by atoms with Crippen molar-refractivity contribution in [2.75, 3.05) is 47.1 Å². The lowest BCUT2D eigenvalue weighted by Gasteiger charge is -2.23. The number of thioether (sulfide) groups is 1. The third-order valence-corrected chi connectivity index (χ3v) is 9.00. The van der Waals surface area contributed by atoms with Crippen molar-refractivity contribution in [1.82, 2.24) is 0 Å². The second-order valence-electron chi connectivity index (χ2n) is 8.26. The van der Waals surface area contributed by atoms with Crippen molar-refractivity contribution in [1.29, 1.82) is 0 Å². The first-order chi connectivity index (χ1) is 17.3. The fourth-order valence-electron chi connectivity index (χ4n) is 4.54. The van der Waals surface area contributed by atoms with E-state index in [-0.39, 0.29) is 22.9 Å². The first-order valence-electron chi connectivity index (χ1n) is 11.9. The molecule has 0 bridgehead atoms. The molecule has 2 aromatic rings. The van der Waals surface area contributed by atoms with Gasteiger partial charge in [-0.25, -0.2) is 8.42 Å². The number of methoxy groups -OCH3 is 4. The second-order valence-corrected chi connectivity index (χ2v) is 11.2. The number of sulfone groups is 1. The van der Waals surface area contributed by atoms with Crippen molar-refractivity contribution in [2.24, 2.45) is 0 Å². The van der Waals surface area contributed by atoms with E-state index in [1.54, 1.807) is 27.4 Å². The number of benzene rings is 2. The van der Waals surface area contributed by atoms with Gasteiger partial charge in [-0.3, -0.25) is 0 Å². The number of ether oxygens (including phenoxy) is 6. The molecule has 1 saturated heterocycles. The van der Waals surface area contributed by atoms with E-state index < -0.39 is 9.84 Å². The quantitative estimate of drug-likeness (QED) is 0.318. The van der Waals surface area contributed by atoms with Gasteiger partial charge in [-0.1, -0.05) is 6.92 Å². The van der Waals surface area contributed by atoms with Crippen LogP contribution in [-0.4, -0.2) is 55.5 Å². The first-order valence-corrected chi connectivity index (χ1v) is 14.8. The lowest BCUT2D eigenvalue weighted by molar-refractivity contribution is 0.0417. The molecular formula is C26H36O8S2. The molecule has 36 heavy (non-hydrogen) atoms. The SMILES string of the molecule is CCCS(=O)(=O)c1cc(C2CCC(c3cc(OC)c(OC)c(OC)c3)O2)c(OCC)c(OC)c1SC. The molecule has 1 aliphatic rings. The topological polar surface area (TPSA) is 89.5 Å². The van der Waals surface area contributed by atoms with Gasteiger partial charge in [-0.2, -0.15) is 0 Å². The standard InChI is InChI=1S/C26H36O8S2/c1-8-12-36(27,28)22-15-17(23(33-9-2)25(32-6)26(22)35-7)19-11-10-18(34-19)16-13-20(29-3)24(31-5)21(14-16)30-4/h13-15,18-19H,8-12H2,1-7H3. The maximum absolute atomic E-state index is 13.2. The molecule has 0 aliphatic carbocycles. The Morgan fingerprint density at radius 3 is 2.00 bits per heavy atom. The highest BCUT2D eigenvalue weighted by Crippen LogP contribution is 2.52. The van der Waals surface area contributed by atoms with Gasteiger partial charge < -0.3 is 28.4 Å². The number of rotatable bonds is 12. The van der Waals surface area contributed by atoms with Crippen molar-refractivity contribution in [3.05, 3.63) is 29.3 Å². The second kappa shape index (κ2) is 12.3. The van der Waals surface area contributed by atoms with Gasteiger partial charge >= 0.3 is 0 Å². The van der Waals surface area contributed by atoms with Gasteiger partial charge in [0.1, 0.15) is 0 Å². The maximum Gasteiger partial charge on any atom is 0.203 e. The molecular weight excluding hydrogens is 504 g/mol. The Morgan fingerprint density at radius 1 is 0.889 bits per heavy atom. The highest BCUT2D eigenvalue weighted by Gasteiger charge is 2.35. The Morgan fingerprint density at radius 2 is 1.50 bits per heavy atom. The van der Waals surface area contributed by atoms with Gasteiger partial charge in [-0.15, -0.1) is 11.8 Å². The first kappa shape index (κ1) is 28.3. The highest BCUT2D eigenvalue weighted by atomic mass is 32.2. The Hall–Kier alpha value is -2.30. The highest BCUT2D eigenvalue weighted by molar-refractivity contribution is 7.99. The van der Waals surface area contributed by atoms with Gasteiger partial charge in [0.25, 0.3) is 0 Å². The van der Waals surface area contributed by atoms with Crippen LogP contribution in [0.4, 0.5) is 0 Å². The minimum absolute atomic E-state index is 0.0523. The van der Waals surface area contributed by atoms with Crippen LogP contribution >= 0.6 is 11.8 Å². The van der Waals surface area contributed by atoms with E-state index in [1.807, 2.05) is 32.2 Å². The molecule has 3 rings (SSSR count). The average Bonchev–Trinajstić information content (AvgIpc) is 3.37. The van der Waals surface area contributed by atoms with E-state index in [0.29, 0.717) is 58.7 Å². The maximum atomic E-state index is 13.2. The normalized spacial score (nSPS) is 17.6. The summed E-state index contributed by atoms with van der Waals surface area (Å²) in [6, 6.07) is 5.48. The van der Waals surface area contributed by atoms with E-state index in [0.717, 1.165) is 12.0 Å². The third-order valence-electron chi connectivity index (χ3n) is 6.12. The average molecular weight is 541 g/mol. The molecule has 0 radical (unpaired) electrons. The zero-order valence-electron chi connectivity index (χ0n) is 22.0. The van der Waals surface area contributed by atoms with Crippen LogP contribution in [0.15, 0.2) is 28.0 Å². The molecule has 1 aliphatic heterocycles. The molecule has 1 heterocycles. The molecule has 2 aromatic carbocycles. The Labute approximate surface area is 218 Å². The largest absolute Gasteiger partial charge is 0.493 e. The summed E-state index contributed by atoms with van der Waals surface area (Å²) in [4.78, 5) is 0.810. The third kappa shape index (κ3) is 5.50. The molecule has 2 atom stereocenters. The summed E-state index contributed by atoms with van der Waals surface area (Å²) in [7, 11) is 2.73. The molecule has 0 saturated carbocycles. The Bertz CT molecular complexity index is 1140. The zero-order valence-corrected chi connectivity index (χ0v) is 23.6. The lowest BCUT2D eigenvalue weighted by atomic mass is 10.0. The summed E-state index contributed by atoms with van der Waals surface area (Å²) >= 11 is 1.34. The summed E-state index contributed by atoms with van der Waals surface area (Å²) in [5.74, 6) is 2.61. The van der Waals surface area contributed by atoms with Crippen LogP contribution in [0.1, 0.15) is 56.4 Å². The van der Waals surface area contributed by atoms with Gasteiger partial charge in [0.15, 0.2) is 32.8 Å². The summed E-state index contributed by atoms with van der Waals surface area (Å²) < 4.78 is 61.1. The molecule has 0 aromatic heterocycles. The van der Waals surface area contributed by atoms with E-state index in [4.69, 9.17) is 28.4 Å². The molecule has 0 amide bonds. The molecule has 0 spiro atoms. The minimum Gasteiger partial charge on any atom is -0.493 e. The van der Waals surface area contributed by atoms with Crippen molar-refractivity contribution >= 4 is 21.6 Å². The molecule has 8 nitrogen and oxygen atoms in total. The van der Waals surface area contributed by atoms with Crippen LogP contribution in [0, 0.1) is 0 Å². The Kier molecular flexibility index (Phi) is 9.66. The molecule has 200 valence electrons. The van der Waals surface area contributed by atoms with Crippen LogP contribution in [0.3, 0.4) is 0 Å². The van der Waals surface area contributed by atoms with E-state index in [2.05, 4.69) is 0 Å². The lowest BCUT2D eigenvalue weighted by Crippen LogP contribution is -2.12. The van der Waals surface area contributed by atoms with Crippen LogP contribution < -0.4 is 23.7 Å². The summed E-state index contributed by atoms with van der Waals surface area (Å²) in [6.45, 7) is 4.14. The summed E-state index contributed by atoms with van der Waals surface area (Å²) in [5.41, 5.74) is 1.56. The van der Waals surface area contributed by atoms with E-state index >= 15 is 0 Å². The van der Waals surface area contributed by atoms with Crippen LogP contribution in [0.2, 0.25) is 0 Å². The fourth-order valence-corrected chi connectivity index (χ4v) is 7.23. The monoisotopic (exact) mass is 540 g/mol. The van der Waals surface area contributed by atoms with Crippen LogP contribution in [0.25, 0.3) is 0 Å². The smallest absolute Gasteiger partial charge is 0.203 e. The fraction of sp³-hybridized carbons (Fsp3) is 0.538. The predicted octanol–water partition coefficient (Wildman–Crippen LogP) is 5.62. The summed E-state index contributed by atoms with van der Waals surface area (Å²) in [6.07, 6.45) is 3.13. The van der Waals surface area contributed by atoms with Gasteiger partial charge in [0.2, 0.25) is 5.75 Å². The van der Waals surface area contributed by atoms with Gasteiger partial charge in [0, 0.05) is 5.56 Å². The Balaban J connectivity index is 2.09. The van der Waals surface area contributed by atoms with Crippen molar-refractivity contribution in [2.45, 2.75) is 55.1 Å². The van der Waals surface area contributed by atoms with Gasteiger partial charge in [0.05, 0.1) is 62.8 Å². The molecule has 0 N–H and O–H groups in total. The van der Waals surface area contributed by atoms with Crippen molar-refractivity contribution in [3.8, 4) is 28.7 Å². The van der Waals surface area contributed by atoms with Crippen molar-refractivity contribution in [3.63, 3.8) is 0 Å². The van der Waals surface area contributed by atoms with Gasteiger partial charge in [-0.05, 0) is 56.2 Å². The van der Waals surface area contributed by atoms with Crippen molar-refractivity contribution < 1.29 is 36.8 Å². The predicted molar refractivity (Wildman–Crippen MR) is 140 cm³/mol. The van der Waals surface area contributed by atoms with E-state index in [1.165, 1.54) is 18.9 Å². The minimum atomic E-state index is -3.52. The zero-order chi connectivity index (χ0) is 26.5.